The third-order valence-corrected chi connectivity index (χ3v) is 1.09. The normalized spacial score (nSPS) is 9.33. The summed E-state index contributed by atoms with van der Waals surface area (Å²) >= 11 is 4.73. The first-order valence-electron chi connectivity index (χ1n) is 2.38. The van der Waals surface area contributed by atoms with Crippen LogP contribution in [0.25, 0.3) is 0 Å². The van der Waals surface area contributed by atoms with Gasteiger partial charge in [0.25, 0.3) is 0 Å². The maximum Gasteiger partial charge on any atom is 0.0605 e. The molecule has 0 fully saturated rings. The molecule has 0 saturated carbocycles. The fourth-order valence-electron chi connectivity index (χ4n) is 0.433. The summed E-state index contributed by atoms with van der Waals surface area (Å²) in [5.41, 5.74) is 0. The zero-order chi connectivity index (χ0) is 6.69. The van der Waals surface area contributed by atoms with Crippen molar-refractivity contribution in [1.29, 1.82) is 0 Å². The van der Waals surface area contributed by atoms with Crippen LogP contribution in [0.2, 0.25) is 0 Å². The summed E-state index contributed by atoms with van der Waals surface area (Å²) in [5, 5.41) is 10.8. The summed E-state index contributed by atoms with van der Waals surface area (Å²) in [6.45, 7) is 4.09. The van der Waals surface area contributed by atoms with Crippen molar-refractivity contribution in [3.8, 4) is 0 Å². The Labute approximate surface area is 58.0 Å². The predicted molar refractivity (Wildman–Crippen MR) is 33.6 cm³/mol. The maximum atomic E-state index is 4.73. The van der Waals surface area contributed by atoms with Crippen molar-refractivity contribution in [2.45, 2.75) is 11.7 Å². The van der Waals surface area contributed by atoms with Crippen LogP contribution < -0.4 is 0 Å². The van der Waals surface area contributed by atoms with Crippen LogP contribution in [-0.2, 0) is 19.2 Å². The molecule has 5 heteroatoms. The highest BCUT2D eigenvalue weighted by molar-refractivity contribution is 7.58. The summed E-state index contributed by atoms with van der Waals surface area (Å²) < 4.78 is 1.49. The number of rotatable bonds is 2. The van der Waals surface area contributed by atoms with Gasteiger partial charge in [0.1, 0.15) is 0 Å². The molecular weight excluding hydrogens is 136 g/mol. The van der Waals surface area contributed by atoms with Crippen LogP contribution in [0.5, 0.6) is 0 Å². The van der Waals surface area contributed by atoms with Gasteiger partial charge in [0.2, 0.25) is 0 Å². The predicted octanol–water partition coefficient (Wildman–Crippen LogP) is -0.235. The number of hydrogen-bond acceptors (Lipinski definition) is 4. The van der Waals surface area contributed by atoms with Gasteiger partial charge in [-0.25, -0.2) is 4.68 Å². The molecule has 0 aliphatic heterocycles. The fourth-order valence-corrected chi connectivity index (χ4v) is 0.581. The Kier molecular flexibility index (Phi) is 1.74. The summed E-state index contributed by atoms with van der Waals surface area (Å²) in [6.07, 6.45) is 1.69. The maximum absolute atomic E-state index is 4.73. The van der Waals surface area contributed by atoms with Crippen LogP contribution in [0.1, 0.15) is 0 Å². The first kappa shape index (κ1) is 6.15. The number of nitrogens with zero attached hydrogens (tertiary/aromatic N) is 4. The van der Waals surface area contributed by atoms with E-state index in [1.165, 1.54) is 4.68 Å². The standard InChI is InChI=1S/C4H6N4S/c1-2-3-8-4(9)5-6-7-8/h2H,1,3H2,(H,5,7,9)/p-1. The van der Waals surface area contributed by atoms with E-state index < -0.39 is 0 Å². The highest BCUT2D eigenvalue weighted by Crippen LogP contribution is 1.87. The van der Waals surface area contributed by atoms with Gasteiger partial charge in [0.05, 0.1) is 6.54 Å². The van der Waals surface area contributed by atoms with E-state index in [0.29, 0.717) is 11.7 Å². The number of hydrogen-bond donors (Lipinski definition) is 0. The molecule has 0 amide bonds. The van der Waals surface area contributed by atoms with Crippen LogP contribution >= 0.6 is 0 Å². The van der Waals surface area contributed by atoms with Crippen LogP contribution in [0.4, 0.5) is 0 Å². The molecular formula is C4H5N4S-. The average Bonchev–Trinajstić information content (AvgIpc) is 2.18. The van der Waals surface area contributed by atoms with Crippen molar-refractivity contribution >= 4 is 12.6 Å². The largest absolute Gasteiger partial charge is 0.739 e. The SMILES string of the molecule is C=CCn1nnnc1[S-]. The van der Waals surface area contributed by atoms with Gasteiger partial charge < -0.3 is 12.6 Å². The number of aromatic nitrogens is 4. The molecule has 9 heavy (non-hydrogen) atoms. The van der Waals surface area contributed by atoms with Crippen molar-refractivity contribution < 1.29 is 0 Å². The Balaban J connectivity index is 2.80. The van der Waals surface area contributed by atoms with Crippen LogP contribution in [0.15, 0.2) is 17.8 Å². The molecule has 0 aromatic carbocycles. The Morgan fingerprint density at radius 2 is 2.56 bits per heavy atom. The topological polar surface area (TPSA) is 43.6 Å². The molecule has 1 rings (SSSR count). The highest BCUT2D eigenvalue weighted by Gasteiger charge is 1.86. The molecule has 0 saturated heterocycles. The van der Waals surface area contributed by atoms with E-state index >= 15 is 0 Å². The van der Waals surface area contributed by atoms with Crippen molar-refractivity contribution in [3.05, 3.63) is 12.7 Å². The molecule has 1 aromatic heterocycles. The van der Waals surface area contributed by atoms with E-state index in [1.807, 2.05) is 0 Å². The second kappa shape index (κ2) is 2.54. The molecule has 0 aliphatic rings. The molecule has 0 aliphatic carbocycles. The minimum Gasteiger partial charge on any atom is -0.739 e. The van der Waals surface area contributed by atoms with E-state index in [-0.39, 0.29) is 0 Å². The van der Waals surface area contributed by atoms with Crippen molar-refractivity contribution in [2.24, 2.45) is 0 Å². The molecule has 0 unspecified atom stereocenters. The second-order valence-corrected chi connectivity index (χ2v) is 1.80. The number of tetrazole rings is 1. The minimum atomic E-state index is 0.398. The van der Waals surface area contributed by atoms with Gasteiger partial charge in [-0.3, -0.25) is 0 Å². The third kappa shape index (κ3) is 1.23. The molecule has 1 aromatic rings. The summed E-state index contributed by atoms with van der Waals surface area (Å²) in [5.74, 6) is 0. The van der Waals surface area contributed by atoms with E-state index in [0.717, 1.165) is 0 Å². The molecule has 48 valence electrons. The van der Waals surface area contributed by atoms with Gasteiger partial charge >= 0.3 is 0 Å². The van der Waals surface area contributed by atoms with E-state index in [2.05, 4.69) is 22.1 Å². The summed E-state index contributed by atoms with van der Waals surface area (Å²) in [7, 11) is 0. The highest BCUT2D eigenvalue weighted by atomic mass is 32.1. The Hall–Kier alpha value is -0.970. The van der Waals surface area contributed by atoms with Gasteiger partial charge in [-0.2, -0.15) is 0 Å². The average molecular weight is 141 g/mol. The quantitative estimate of drug-likeness (QED) is 0.421. The van der Waals surface area contributed by atoms with E-state index in [4.69, 9.17) is 12.6 Å². The van der Waals surface area contributed by atoms with E-state index in [1.54, 1.807) is 6.08 Å². The van der Waals surface area contributed by atoms with Gasteiger partial charge in [-0.05, 0) is 10.4 Å². The van der Waals surface area contributed by atoms with Gasteiger partial charge in [-0.1, -0.05) is 6.08 Å². The summed E-state index contributed by atoms with van der Waals surface area (Å²) in [6, 6.07) is 0. The van der Waals surface area contributed by atoms with E-state index in [9.17, 15) is 0 Å². The van der Waals surface area contributed by atoms with Gasteiger partial charge in [0, 0.05) is 5.16 Å². The Morgan fingerprint density at radius 1 is 1.78 bits per heavy atom. The molecule has 0 N–H and O–H groups in total. The zero-order valence-electron chi connectivity index (χ0n) is 4.69. The smallest absolute Gasteiger partial charge is 0.0605 e. The monoisotopic (exact) mass is 141 g/mol. The fraction of sp³-hybridized carbons (Fsp3) is 0.250. The van der Waals surface area contributed by atoms with Crippen molar-refractivity contribution in [3.63, 3.8) is 0 Å². The van der Waals surface area contributed by atoms with Crippen molar-refractivity contribution in [2.75, 3.05) is 0 Å². The Morgan fingerprint density at radius 3 is 3.00 bits per heavy atom. The third-order valence-electron chi connectivity index (χ3n) is 0.801. The summed E-state index contributed by atoms with van der Waals surface area (Å²) in [4.78, 5) is 0. The van der Waals surface area contributed by atoms with Gasteiger partial charge in [0.15, 0.2) is 0 Å². The first-order valence-corrected chi connectivity index (χ1v) is 2.79. The second-order valence-electron chi connectivity index (χ2n) is 1.43. The molecule has 0 spiro atoms. The zero-order valence-corrected chi connectivity index (χ0v) is 5.51. The van der Waals surface area contributed by atoms with Crippen LogP contribution in [0.3, 0.4) is 0 Å². The lowest BCUT2D eigenvalue weighted by Crippen LogP contribution is -1.99. The Bertz CT molecular complexity index is 206. The lowest BCUT2D eigenvalue weighted by Gasteiger charge is -2.01. The van der Waals surface area contributed by atoms with Crippen LogP contribution in [-0.4, -0.2) is 20.2 Å². The number of allylic oxidation sites excluding steroid dienone is 1. The van der Waals surface area contributed by atoms with Crippen molar-refractivity contribution in [1.82, 2.24) is 20.2 Å². The van der Waals surface area contributed by atoms with Gasteiger partial charge in [-0.15, -0.1) is 11.7 Å². The molecule has 0 bridgehead atoms. The molecule has 0 atom stereocenters. The molecule has 4 nitrogen and oxygen atoms in total. The molecule has 0 radical (unpaired) electrons. The minimum absolute atomic E-state index is 0.398. The first-order chi connectivity index (χ1) is 4.34. The molecule has 1 heterocycles. The lowest BCUT2D eigenvalue weighted by atomic mass is 10.6. The van der Waals surface area contributed by atoms with Crippen LogP contribution in [0, 0.1) is 0 Å². The lowest BCUT2D eigenvalue weighted by molar-refractivity contribution is 0.615.